The molecular weight excluding hydrogens is 319 g/mol. The van der Waals surface area contributed by atoms with Crippen LogP contribution in [0.3, 0.4) is 0 Å². The molecule has 0 atom stereocenters. The molecule has 0 aliphatic carbocycles. The minimum Gasteiger partial charge on any atom is -0.497 e. The van der Waals surface area contributed by atoms with Crippen LogP contribution in [0.15, 0.2) is 36.4 Å². The number of aromatic amines is 1. The lowest BCUT2D eigenvalue weighted by Crippen LogP contribution is -2.83. The molecule has 0 fully saturated rings. The molecule has 3 aromatic rings. The Kier molecular flexibility index (Phi) is 5.24. The second-order valence-electron chi connectivity index (χ2n) is 6.13. The second-order valence-corrected chi connectivity index (χ2v) is 6.13. The first-order chi connectivity index (χ1) is 12.1. The van der Waals surface area contributed by atoms with Crippen molar-refractivity contribution in [3.8, 4) is 11.5 Å². The van der Waals surface area contributed by atoms with Crippen molar-refractivity contribution in [3.63, 3.8) is 0 Å². The highest BCUT2D eigenvalue weighted by atomic mass is 19.1. The highest BCUT2D eigenvalue weighted by molar-refractivity contribution is 5.86. The normalized spacial score (nSPS) is 11.0. The van der Waals surface area contributed by atoms with Crippen LogP contribution in [0, 0.1) is 12.7 Å². The molecule has 3 N–H and O–H groups in total. The minimum atomic E-state index is -0.190. The Morgan fingerprint density at radius 3 is 2.52 bits per heavy atom. The van der Waals surface area contributed by atoms with Gasteiger partial charge < -0.3 is 19.8 Å². The second kappa shape index (κ2) is 7.57. The number of benzene rings is 2. The summed E-state index contributed by atoms with van der Waals surface area (Å²) >= 11 is 0. The van der Waals surface area contributed by atoms with Gasteiger partial charge in [-0.1, -0.05) is 0 Å². The van der Waals surface area contributed by atoms with Crippen molar-refractivity contribution in [1.82, 2.24) is 4.98 Å². The number of ether oxygens (including phenoxy) is 2. The molecule has 5 heteroatoms. The van der Waals surface area contributed by atoms with Gasteiger partial charge in [0.2, 0.25) is 0 Å². The summed E-state index contributed by atoms with van der Waals surface area (Å²) in [5.41, 5.74) is 4.24. The summed E-state index contributed by atoms with van der Waals surface area (Å²) in [6.45, 7) is 3.55. The highest BCUT2D eigenvalue weighted by Crippen LogP contribution is 2.26. The SMILES string of the molecule is COc1ccc(F)c(C[NH2+]CCc2c(C)[nH]c3ccc(OC)cc23)c1. The third-order valence-corrected chi connectivity index (χ3v) is 4.54. The van der Waals surface area contributed by atoms with Gasteiger partial charge in [0.05, 0.1) is 20.8 Å². The average molecular weight is 343 g/mol. The van der Waals surface area contributed by atoms with Crippen molar-refractivity contribution in [2.75, 3.05) is 20.8 Å². The summed E-state index contributed by atoms with van der Waals surface area (Å²) in [6, 6.07) is 10.9. The Morgan fingerprint density at radius 1 is 1.04 bits per heavy atom. The van der Waals surface area contributed by atoms with Crippen LogP contribution in [0.25, 0.3) is 10.9 Å². The van der Waals surface area contributed by atoms with Gasteiger partial charge in [-0.05, 0) is 48.9 Å². The van der Waals surface area contributed by atoms with Gasteiger partial charge in [0.1, 0.15) is 23.9 Å². The minimum absolute atomic E-state index is 0.190. The molecule has 0 radical (unpaired) electrons. The first kappa shape index (κ1) is 17.3. The van der Waals surface area contributed by atoms with E-state index in [1.807, 2.05) is 12.1 Å². The lowest BCUT2D eigenvalue weighted by molar-refractivity contribution is -0.670. The van der Waals surface area contributed by atoms with Crippen molar-refractivity contribution in [1.29, 1.82) is 0 Å². The third-order valence-electron chi connectivity index (χ3n) is 4.54. The number of nitrogens with two attached hydrogens (primary N) is 1. The van der Waals surface area contributed by atoms with E-state index < -0.39 is 0 Å². The van der Waals surface area contributed by atoms with Crippen LogP contribution in [0.5, 0.6) is 11.5 Å². The molecule has 0 bridgehead atoms. The summed E-state index contributed by atoms with van der Waals surface area (Å²) in [7, 11) is 3.27. The summed E-state index contributed by atoms with van der Waals surface area (Å²) in [5, 5.41) is 3.31. The van der Waals surface area contributed by atoms with Gasteiger partial charge in [0, 0.05) is 28.6 Å². The Balaban J connectivity index is 1.66. The standard InChI is InChI=1S/C20H23FN2O2/c1-13-17(18-11-16(25-3)5-7-20(18)23-13)8-9-22-12-14-10-15(24-2)4-6-19(14)21/h4-7,10-11,22-23H,8-9,12H2,1-3H3/p+1. The number of fused-ring (bicyclic) bond motifs is 1. The lowest BCUT2D eigenvalue weighted by Gasteiger charge is -2.06. The zero-order valence-electron chi connectivity index (χ0n) is 14.9. The first-order valence-corrected chi connectivity index (χ1v) is 8.41. The van der Waals surface area contributed by atoms with E-state index >= 15 is 0 Å². The van der Waals surface area contributed by atoms with Crippen molar-refractivity contribution in [3.05, 3.63) is 59.0 Å². The number of quaternary nitrogens is 1. The van der Waals surface area contributed by atoms with Gasteiger partial charge in [-0.2, -0.15) is 0 Å². The quantitative estimate of drug-likeness (QED) is 0.648. The Bertz CT molecular complexity index is 874. The van der Waals surface area contributed by atoms with Crippen LogP contribution in [0.1, 0.15) is 16.8 Å². The van der Waals surface area contributed by atoms with Gasteiger partial charge in [0.15, 0.2) is 0 Å². The number of hydrogen-bond donors (Lipinski definition) is 2. The van der Waals surface area contributed by atoms with Crippen LogP contribution in [-0.2, 0) is 13.0 Å². The molecule has 0 aliphatic rings. The smallest absolute Gasteiger partial charge is 0.132 e. The van der Waals surface area contributed by atoms with E-state index in [1.165, 1.54) is 22.7 Å². The zero-order chi connectivity index (χ0) is 17.8. The van der Waals surface area contributed by atoms with Crippen molar-refractivity contribution >= 4 is 10.9 Å². The summed E-state index contributed by atoms with van der Waals surface area (Å²) in [5.74, 6) is 1.35. The van der Waals surface area contributed by atoms with E-state index in [0.29, 0.717) is 17.9 Å². The Hall–Kier alpha value is -2.53. The number of methoxy groups -OCH3 is 2. The van der Waals surface area contributed by atoms with Crippen molar-refractivity contribution in [2.45, 2.75) is 19.9 Å². The number of hydrogen-bond acceptors (Lipinski definition) is 2. The van der Waals surface area contributed by atoms with E-state index in [1.54, 1.807) is 26.4 Å². The molecule has 2 aromatic carbocycles. The Labute approximate surface area is 147 Å². The van der Waals surface area contributed by atoms with Crippen LogP contribution in [-0.4, -0.2) is 25.7 Å². The number of rotatable bonds is 7. The maximum atomic E-state index is 13.9. The zero-order valence-corrected chi connectivity index (χ0v) is 14.9. The first-order valence-electron chi connectivity index (χ1n) is 8.41. The van der Waals surface area contributed by atoms with Crippen molar-refractivity contribution < 1.29 is 19.2 Å². The molecule has 0 saturated heterocycles. The number of H-pyrrole nitrogens is 1. The fraction of sp³-hybridized carbons (Fsp3) is 0.300. The monoisotopic (exact) mass is 343 g/mol. The molecule has 0 unspecified atom stereocenters. The van der Waals surface area contributed by atoms with Crippen LogP contribution in [0.4, 0.5) is 4.39 Å². The number of halogens is 1. The predicted octanol–water partition coefficient (Wildman–Crippen LogP) is 2.94. The van der Waals surface area contributed by atoms with E-state index in [9.17, 15) is 4.39 Å². The third kappa shape index (κ3) is 3.77. The molecule has 132 valence electrons. The summed E-state index contributed by atoms with van der Waals surface area (Å²) in [6.07, 6.45) is 0.907. The van der Waals surface area contributed by atoms with Crippen LogP contribution in [0.2, 0.25) is 0 Å². The molecule has 0 spiro atoms. The van der Waals surface area contributed by atoms with Gasteiger partial charge in [-0.3, -0.25) is 0 Å². The highest BCUT2D eigenvalue weighted by Gasteiger charge is 2.11. The number of aryl methyl sites for hydroxylation is 1. The van der Waals surface area contributed by atoms with E-state index in [4.69, 9.17) is 9.47 Å². The molecule has 0 amide bonds. The summed E-state index contributed by atoms with van der Waals surface area (Å²) < 4.78 is 24.4. The van der Waals surface area contributed by atoms with Gasteiger partial charge in [-0.25, -0.2) is 4.39 Å². The molecule has 4 nitrogen and oxygen atoms in total. The molecular formula is C20H24FN2O2+. The molecule has 3 rings (SSSR count). The van der Waals surface area contributed by atoms with Crippen LogP contribution >= 0.6 is 0 Å². The summed E-state index contributed by atoms with van der Waals surface area (Å²) in [4.78, 5) is 3.42. The van der Waals surface area contributed by atoms with Gasteiger partial charge in [0.25, 0.3) is 0 Å². The topological polar surface area (TPSA) is 50.9 Å². The maximum Gasteiger partial charge on any atom is 0.132 e. The Morgan fingerprint density at radius 2 is 1.76 bits per heavy atom. The van der Waals surface area contributed by atoms with Gasteiger partial charge in [-0.15, -0.1) is 0 Å². The fourth-order valence-electron chi connectivity index (χ4n) is 3.15. The molecule has 0 saturated carbocycles. The predicted molar refractivity (Wildman–Crippen MR) is 96.7 cm³/mol. The number of nitrogens with one attached hydrogen (secondary N) is 1. The number of aromatic nitrogens is 1. The van der Waals surface area contributed by atoms with Gasteiger partial charge >= 0.3 is 0 Å². The van der Waals surface area contributed by atoms with E-state index in [-0.39, 0.29) is 5.82 Å². The average Bonchev–Trinajstić information content (AvgIpc) is 2.94. The van der Waals surface area contributed by atoms with Crippen molar-refractivity contribution in [2.24, 2.45) is 0 Å². The molecule has 25 heavy (non-hydrogen) atoms. The molecule has 0 aliphatic heterocycles. The maximum absolute atomic E-state index is 13.9. The molecule has 1 aromatic heterocycles. The van der Waals surface area contributed by atoms with Crippen LogP contribution < -0.4 is 14.8 Å². The fourth-order valence-corrected chi connectivity index (χ4v) is 3.15. The largest absolute Gasteiger partial charge is 0.497 e. The lowest BCUT2D eigenvalue weighted by atomic mass is 10.1. The van der Waals surface area contributed by atoms with E-state index in [2.05, 4.69) is 23.3 Å². The van der Waals surface area contributed by atoms with E-state index in [0.717, 1.165) is 24.2 Å². The molecule has 1 heterocycles.